The Balaban J connectivity index is 2.74. The molecular formula is C12H14N2O6. The third kappa shape index (κ3) is 4.23. The molecule has 1 rings (SSSR count). The second-order valence-electron chi connectivity index (χ2n) is 3.77. The fourth-order valence-electron chi connectivity index (χ4n) is 1.43. The average molecular weight is 282 g/mol. The van der Waals surface area contributed by atoms with Gasteiger partial charge in [-0.25, -0.2) is 0 Å². The summed E-state index contributed by atoms with van der Waals surface area (Å²) in [6, 6.07) is 3.82. The molecule has 0 heterocycles. The number of nitrogens with zero attached hydrogens (tertiary/aromatic N) is 1. The number of non-ortho nitro benzene ring substituents is 1. The smallest absolute Gasteiger partial charge is 0.306 e. The number of hydrogen-bond donors (Lipinski definition) is 1. The normalized spacial score (nSPS) is 9.70. The van der Waals surface area contributed by atoms with E-state index in [1.807, 2.05) is 0 Å². The molecule has 0 fully saturated rings. The molecule has 0 saturated heterocycles. The summed E-state index contributed by atoms with van der Waals surface area (Å²) in [4.78, 5) is 32.6. The van der Waals surface area contributed by atoms with Gasteiger partial charge in [0.15, 0.2) is 0 Å². The molecule has 0 spiro atoms. The molecule has 20 heavy (non-hydrogen) atoms. The van der Waals surface area contributed by atoms with Crippen molar-refractivity contribution in [3.05, 3.63) is 28.3 Å². The fourth-order valence-corrected chi connectivity index (χ4v) is 1.43. The van der Waals surface area contributed by atoms with E-state index in [1.165, 1.54) is 32.4 Å². The third-order valence-electron chi connectivity index (χ3n) is 2.45. The highest BCUT2D eigenvalue weighted by molar-refractivity contribution is 5.94. The molecule has 1 aromatic rings. The fraction of sp³-hybridized carbons (Fsp3) is 0.333. The summed E-state index contributed by atoms with van der Waals surface area (Å²) in [7, 11) is 2.57. The molecule has 0 unspecified atom stereocenters. The second kappa shape index (κ2) is 7.07. The number of methoxy groups -OCH3 is 2. The SMILES string of the molecule is COC(=O)CCC(=O)Nc1ccc([N+](=O)[O-])cc1OC. The first-order valence-corrected chi connectivity index (χ1v) is 5.67. The molecule has 0 atom stereocenters. The van der Waals surface area contributed by atoms with Crippen LogP contribution in [0.4, 0.5) is 11.4 Å². The lowest BCUT2D eigenvalue weighted by atomic mass is 10.2. The van der Waals surface area contributed by atoms with Gasteiger partial charge in [0, 0.05) is 12.5 Å². The average Bonchev–Trinajstić information content (AvgIpc) is 2.44. The van der Waals surface area contributed by atoms with Gasteiger partial charge < -0.3 is 14.8 Å². The van der Waals surface area contributed by atoms with Gasteiger partial charge >= 0.3 is 5.97 Å². The molecule has 0 saturated carbocycles. The molecule has 8 heteroatoms. The number of anilines is 1. The van der Waals surface area contributed by atoms with Crippen molar-refractivity contribution in [3.63, 3.8) is 0 Å². The molecule has 0 aromatic heterocycles. The van der Waals surface area contributed by atoms with Crippen molar-refractivity contribution in [1.82, 2.24) is 0 Å². The molecular weight excluding hydrogens is 268 g/mol. The summed E-state index contributed by atoms with van der Waals surface area (Å²) in [6.45, 7) is 0. The maximum Gasteiger partial charge on any atom is 0.306 e. The molecule has 0 aliphatic heterocycles. The van der Waals surface area contributed by atoms with Crippen molar-refractivity contribution in [1.29, 1.82) is 0 Å². The molecule has 0 radical (unpaired) electrons. The van der Waals surface area contributed by atoms with Crippen LogP contribution < -0.4 is 10.1 Å². The van der Waals surface area contributed by atoms with Crippen LogP contribution in [0.3, 0.4) is 0 Å². The molecule has 8 nitrogen and oxygen atoms in total. The zero-order chi connectivity index (χ0) is 15.1. The minimum Gasteiger partial charge on any atom is -0.494 e. The van der Waals surface area contributed by atoms with Gasteiger partial charge in [0.1, 0.15) is 5.75 Å². The second-order valence-corrected chi connectivity index (χ2v) is 3.77. The number of hydrogen-bond acceptors (Lipinski definition) is 6. The highest BCUT2D eigenvalue weighted by Crippen LogP contribution is 2.29. The zero-order valence-electron chi connectivity index (χ0n) is 11.0. The monoisotopic (exact) mass is 282 g/mol. The molecule has 0 aliphatic carbocycles. The summed E-state index contributed by atoms with van der Waals surface area (Å²) in [5, 5.41) is 13.1. The van der Waals surface area contributed by atoms with Crippen LogP contribution in [0, 0.1) is 10.1 Å². The lowest BCUT2D eigenvalue weighted by Gasteiger charge is -2.09. The molecule has 1 aromatic carbocycles. The zero-order valence-corrected chi connectivity index (χ0v) is 11.0. The summed E-state index contributed by atoms with van der Waals surface area (Å²) in [5.74, 6) is -0.732. The summed E-state index contributed by atoms with van der Waals surface area (Å²) >= 11 is 0. The van der Waals surface area contributed by atoms with E-state index < -0.39 is 16.8 Å². The Morgan fingerprint density at radius 2 is 2.00 bits per heavy atom. The van der Waals surface area contributed by atoms with E-state index in [4.69, 9.17) is 4.74 Å². The van der Waals surface area contributed by atoms with E-state index in [9.17, 15) is 19.7 Å². The van der Waals surface area contributed by atoms with E-state index >= 15 is 0 Å². The van der Waals surface area contributed by atoms with Crippen LogP contribution in [0.25, 0.3) is 0 Å². The Bertz CT molecular complexity index is 529. The number of nitrogens with one attached hydrogen (secondary N) is 1. The number of nitro groups is 1. The van der Waals surface area contributed by atoms with Crippen molar-refractivity contribution < 1.29 is 24.0 Å². The van der Waals surface area contributed by atoms with Crippen molar-refractivity contribution in [2.75, 3.05) is 19.5 Å². The lowest BCUT2D eigenvalue weighted by molar-refractivity contribution is -0.384. The molecule has 0 aliphatic rings. The Morgan fingerprint density at radius 3 is 2.55 bits per heavy atom. The first-order valence-electron chi connectivity index (χ1n) is 5.67. The van der Waals surface area contributed by atoms with Gasteiger partial charge in [0.2, 0.25) is 5.91 Å². The highest BCUT2D eigenvalue weighted by atomic mass is 16.6. The lowest BCUT2D eigenvalue weighted by Crippen LogP contribution is -2.14. The predicted molar refractivity (Wildman–Crippen MR) is 69.5 cm³/mol. The maximum atomic E-state index is 11.6. The molecule has 108 valence electrons. The van der Waals surface area contributed by atoms with E-state index in [-0.39, 0.29) is 24.3 Å². The summed E-state index contributed by atoms with van der Waals surface area (Å²) in [6.07, 6.45) is -0.0928. The van der Waals surface area contributed by atoms with Crippen LogP contribution in [0.2, 0.25) is 0 Å². The quantitative estimate of drug-likeness (QED) is 0.481. The van der Waals surface area contributed by atoms with Gasteiger partial charge in [-0.15, -0.1) is 0 Å². The number of carbonyl (C=O) groups is 2. The van der Waals surface area contributed by atoms with Crippen molar-refractivity contribution in [2.24, 2.45) is 0 Å². The maximum absolute atomic E-state index is 11.6. The van der Waals surface area contributed by atoms with Gasteiger partial charge in [0.05, 0.1) is 37.3 Å². The van der Waals surface area contributed by atoms with Crippen LogP contribution >= 0.6 is 0 Å². The molecule has 0 bridgehead atoms. The Labute approximate surface area is 114 Å². The van der Waals surface area contributed by atoms with E-state index in [1.54, 1.807) is 0 Å². The first-order chi connectivity index (χ1) is 9.47. The van der Waals surface area contributed by atoms with Crippen LogP contribution in [-0.2, 0) is 14.3 Å². The summed E-state index contributed by atoms with van der Waals surface area (Å²) in [5.41, 5.74) is 0.155. The number of ether oxygens (including phenoxy) is 2. The van der Waals surface area contributed by atoms with Gasteiger partial charge in [-0.05, 0) is 6.07 Å². The number of amides is 1. The van der Waals surface area contributed by atoms with Crippen molar-refractivity contribution in [3.8, 4) is 5.75 Å². The minimum atomic E-state index is -0.564. The minimum absolute atomic E-state index is 0.0440. The Hall–Kier alpha value is -2.64. The molecule has 1 amide bonds. The largest absolute Gasteiger partial charge is 0.494 e. The predicted octanol–water partition coefficient (Wildman–Crippen LogP) is 1.50. The Kier molecular flexibility index (Phi) is 5.45. The van der Waals surface area contributed by atoms with Gasteiger partial charge in [-0.1, -0.05) is 0 Å². The number of esters is 1. The number of benzene rings is 1. The van der Waals surface area contributed by atoms with Gasteiger partial charge in [0.25, 0.3) is 5.69 Å². The van der Waals surface area contributed by atoms with Gasteiger partial charge in [-0.2, -0.15) is 0 Å². The van der Waals surface area contributed by atoms with E-state index in [0.717, 1.165) is 0 Å². The van der Waals surface area contributed by atoms with E-state index in [0.29, 0.717) is 5.69 Å². The van der Waals surface area contributed by atoms with Crippen LogP contribution in [-0.4, -0.2) is 31.0 Å². The number of nitro benzene ring substituents is 1. The van der Waals surface area contributed by atoms with Crippen molar-refractivity contribution in [2.45, 2.75) is 12.8 Å². The molecule has 1 N–H and O–H groups in total. The number of carbonyl (C=O) groups excluding carboxylic acids is 2. The van der Waals surface area contributed by atoms with Crippen molar-refractivity contribution >= 4 is 23.3 Å². The highest BCUT2D eigenvalue weighted by Gasteiger charge is 2.14. The van der Waals surface area contributed by atoms with Crippen LogP contribution in [0.15, 0.2) is 18.2 Å². The first kappa shape index (κ1) is 15.4. The van der Waals surface area contributed by atoms with Gasteiger partial charge in [-0.3, -0.25) is 19.7 Å². The standard InChI is InChI=1S/C12H14N2O6/c1-19-10-7-8(14(17)18)3-4-9(10)13-11(15)5-6-12(16)20-2/h3-4,7H,5-6H2,1-2H3,(H,13,15). The Morgan fingerprint density at radius 1 is 1.30 bits per heavy atom. The number of rotatable bonds is 6. The third-order valence-corrected chi connectivity index (χ3v) is 2.45. The topological polar surface area (TPSA) is 108 Å². The summed E-state index contributed by atoms with van der Waals surface area (Å²) < 4.78 is 9.39. The van der Waals surface area contributed by atoms with E-state index in [2.05, 4.69) is 10.1 Å². The van der Waals surface area contributed by atoms with Crippen LogP contribution in [0.5, 0.6) is 5.75 Å². The van der Waals surface area contributed by atoms with Crippen LogP contribution in [0.1, 0.15) is 12.8 Å².